The first kappa shape index (κ1) is 26.3. The van der Waals surface area contributed by atoms with E-state index in [4.69, 9.17) is 4.74 Å². The molecule has 1 aromatic carbocycles. The largest absolute Gasteiger partial charge is 0.444 e. The van der Waals surface area contributed by atoms with E-state index in [1.807, 2.05) is 39.0 Å². The molecule has 35 heavy (non-hydrogen) atoms. The van der Waals surface area contributed by atoms with Crippen molar-refractivity contribution in [3.8, 4) is 0 Å². The second kappa shape index (κ2) is 10.5. The lowest BCUT2D eigenvalue weighted by molar-refractivity contribution is -0.124. The van der Waals surface area contributed by atoms with Crippen LogP contribution >= 0.6 is 0 Å². The number of imidazole rings is 1. The molecule has 0 aliphatic carbocycles. The van der Waals surface area contributed by atoms with Gasteiger partial charge in [0.1, 0.15) is 17.9 Å². The second-order valence-electron chi connectivity index (χ2n) is 10.1. The molecule has 1 N–H and O–H groups in total. The van der Waals surface area contributed by atoms with Crippen LogP contribution in [-0.2, 0) is 21.4 Å². The monoisotopic (exact) mass is 487 g/mol. The number of likely N-dealkylation sites (N-methyl/N-ethyl adjacent to an activating group) is 1. The summed E-state index contributed by atoms with van der Waals surface area (Å²) < 4.78 is 8.51. The maximum Gasteiger partial charge on any atom is 0.410 e. The summed E-state index contributed by atoms with van der Waals surface area (Å²) in [7, 11) is 4.99. The van der Waals surface area contributed by atoms with E-state index in [0.717, 1.165) is 43.4 Å². The molecule has 3 rings (SSSR count). The van der Waals surface area contributed by atoms with Crippen molar-refractivity contribution in [2.45, 2.75) is 64.1 Å². The number of nitrogens with zero attached hydrogens (tertiary/aromatic N) is 4. The fraction of sp³-hybridized carbons (Fsp3) is 0.600. The Balaban J connectivity index is 1.81. The zero-order chi connectivity index (χ0) is 25.9. The molecule has 1 atom stereocenters. The number of aldehydes is 1. The van der Waals surface area contributed by atoms with Gasteiger partial charge in [0.2, 0.25) is 5.91 Å². The average Bonchev–Trinajstić information content (AvgIpc) is 3.07. The normalized spacial score (nSPS) is 15.7. The van der Waals surface area contributed by atoms with Gasteiger partial charge in [0.25, 0.3) is 0 Å². The molecular formula is C25H37N5O5. The van der Waals surface area contributed by atoms with Gasteiger partial charge in [-0.05, 0) is 58.2 Å². The lowest BCUT2D eigenvalue weighted by Gasteiger charge is -2.38. The molecule has 0 radical (unpaired) electrons. The van der Waals surface area contributed by atoms with Crippen molar-refractivity contribution in [1.82, 2.24) is 19.4 Å². The van der Waals surface area contributed by atoms with E-state index in [2.05, 4.69) is 10.2 Å². The maximum atomic E-state index is 13.1. The Morgan fingerprint density at radius 1 is 1.23 bits per heavy atom. The van der Waals surface area contributed by atoms with E-state index >= 15 is 0 Å². The first-order chi connectivity index (χ1) is 16.5. The summed E-state index contributed by atoms with van der Waals surface area (Å²) in [5.41, 5.74) is 1.53. The van der Waals surface area contributed by atoms with Crippen LogP contribution in [0.15, 0.2) is 23.0 Å². The van der Waals surface area contributed by atoms with Crippen LogP contribution in [0.1, 0.15) is 52.5 Å². The number of nitrogens with one attached hydrogen (secondary N) is 1. The molecule has 1 saturated heterocycles. The van der Waals surface area contributed by atoms with Crippen LogP contribution in [0, 0.1) is 0 Å². The van der Waals surface area contributed by atoms with Crippen LogP contribution in [0.3, 0.4) is 0 Å². The van der Waals surface area contributed by atoms with Crippen LogP contribution in [0.4, 0.5) is 10.5 Å². The van der Waals surface area contributed by atoms with Gasteiger partial charge in [0.05, 0.1) is 11.0 Å². The summed E-state index contributed by atoms with van der Waals surface area (Å²) in [4.78, 5) is 52.9. The second-order valence-corrected chi connectivity index (χ2v) is 10.1. The molecule has 1 fully saturated rings. The Morgan fingerprint density at radius 3 is 2.46 bits per heavy atom. The van der Waals surface area contributed by atoms with Crippen LogP contribution in [0.5, 0.6) is 0 Å². The molecule has 2 heterocycles. The molecule has 0 spiro atoms. The SMILES string of the molecule is CNC(=O)C(CCC=O)n1c(=O)n(C)c2cc(N3CCC(N(C)C(=O)OC(C)(C)C)CC3)ccc21. The topological polar surface area (TPSA) is 106 Å². The van der Waals surface area contributed by atoms with Crippen molar-refractivity contribution >= 4 is 35.0 Å². The van der Waals surface area contributed by atoms with Crippen molar-refractivity contribution in [2.24, 2.45) is 7.05 Å². The summed E-state index contributed by atoms with van der Waals surface area (Å²) in [6.45, 7) is 7.10. The van der Waals surface area contributed by atoms with Crippen LogP contribution in [0.25, 0.3) is 11.0 Å². The number of piperidine rings is 1. The van der Waals surface area contributed by atoms with Gasteiger partial charge in [-0.3, -0.25) is 13.9 Å². The van der Waals surface area contributed by atoms with E-state index in [0.29, 0.717) is 5.52 Å². The molecule has 10 nitrogen and oxygen atoms in total. The highest BCUT2D eigenvalue weighted by Crippen LogP contribution is 2.28. The van der Waals surface area contributed by atoms with E-state index in [9.17, 15) is 19.2 Å². The molecule has 2 aromatic rings. The molecular weight excluding hydrogens is 450 g/mol. The lowest BCUT2D eigenvalue weighted by atomic mass is 10.0. The standard InChI is InChI=1S/C25H37N5O5/c1-25(2,3)35-24(34)27(5)17-11-13-29(14-12-17)18-9-10-19-21(16-18)28(6)23(33)30(19)20(8-7-15-31)22(32)26-4/h9-10,15-17,20H,7-8,11-14H2,1-6H3,(H,26,32). The van der Waals surface area contributed by atoms with E-state index in [1.54, 1.807) is 23.6 Å². The number of hydrogen-bond donors (Lipinski definition) is 1. The summed E-state index contributed by atoms with van der Waals surface area (Å²) >= 11 is 0. The number of anilines is 1. The number of benzene rings is 1. The quantitative estimate of drug-likeness (QED) is 0.602. The Kier molecular flexibility index (Phi) is 7.92. The van der Waals surface area contributed by atoms with E-state index < -0.39 is 11.6 Å². The van der Waals surface area contributed by atoms with Gasteiger partial charge in [0, 0.05) is 52.4 Å². The Morgan fingerprint density at radius 2 is 1.89 bits per heavy atom. The van der Waals surface area contributed by atoms with Crippen LogP contribution in [0.2, 0.25) is 0 Å². The first-order valence-electron chi connectivity index (χ1n) is 12.1. The van der Waals surface area contributed by atoms with Crippen molar-refractivity contribution in [1.29, 1.82) is 0 Å². The maximum absolute atomic E-state index is 13.1. The number of hydrogen-bond acceptors (Lipinski definition) is 6. The van der Waals surface area contributed by atoms with Crippen LogP contribution in [-0.4, -0.2) is 71.1 Å². The van der Waals surface area contributed by atoms with Gasteiger partial charge in [-0.15, -0.1) is 0 Å². The minimum atomic E-state index is -0.758. The molecule has 10 heteroatoms. The summed E-state index contributed by atoms with van der Waals surface area (Å²) in [5.74, 6) is -0.304. The molecule has 1 aliphatic heterocycles. The summed E-state index contributed by atoms with van der Waals surface area (Å²) in [6.07, 6.45) is 2.49. The number of rotatable bonds is 7. The molecule has 0 bridgehead atoms. The number of carbonyl (C=O) groups excluding carboxylic acids is 3. The van der Waals surface area contributed by atoms with Gasteiger partial charge in [-0.25, -0.2) is 9.59 Å². The highest BCUT2D eigenvalue weighted by atomic mass is 16.6. The molecule has 1 aliphatic rings. The molecule has 192 valence electrons. The lowest BCUT2D eigenvalue weighted by Crippen LogP contribution is -2.47. The third-order valence-electron chi connectivity index (χ3n) is 6.55. The summed E-state index contributed by atoms with van der Waals surface area (Å²) in [5, 5.41) is 2.60. The highest BCUT2D eigenvalue weighted by Gasteiger charge is 2.29. The molecule has 1 unspecified atom stereocenters. The van der Waals surface area contributed by atoms with Crippen molar-refractivity contribution in [2.75, 3.05) is 32.1 Å². The fourth-order valence-corrected chi connectivity index (χ4v) is 4.61. The number of amides is 2. The van der Waals surface area contributed by atoms with Gasteiger partial charge >= 0.3 is 11.8 Å². The van der Waals surface area contributed by atoms with Gasteiger partial charge in [-0.1, -0.05) is 0 Å². The van der Waals surface area contributed by atoms with Crippen molar-refractivity contribution in [3.05, 3.63) is 28.7 Å². The minimum Gasteiger partial charge on any atom is -0.444 e. The third-order valence-corrected chi connectivity index (χ3v) is 6.55. The number of aromatic nitrogens is 2. The Labute approximate surface area is 205 Å². The predicted octanol–water partition coefficient (Wildman–Crippen LogP) is 2.44. The fourth-order valence-electron chi connectivity index (χ4n) is 4.61. The number of fused-ring (bicyclic) bond motifs is 1. The summed E-state index contributed by atoms with van der Waals surface area (Å²) in [6, 6.07) is 5.12. The van der Waals surface area contributed by atoms with E-state index in [-0.39, 0.29) is 36.6 Å². The number of aryl methyl sites for hydroxylation is 1. The third kappa shape index (κ3) is 5.68. The zero-order valence-electron chi connectivity index (χ0n) is 21.5. The number of carbonyl (C=O) groups is 3. The molecule has 1 aromatic heterocycles. The predicted molar refractivity (Wildman–Crippen MR) is 135 cm³/mol. The van der Waals surface area contributed by atoms with E-state index in [1.165, 1.54) is 11.6 Å². The van der Waals surface area contributed by atoms with Gasteiger partial charge in [-0.2, -0.15) is 0 Å². The smallest absolute Gasteiger partial charge is 0.410 e. The minimum absolute atomic E-state index is 0.0985. The zero-order valence-corrected chi connectivity index (χ0v) is 21.5. The number of ether oxygens (including phenoxy) is 1. The van der Waals surface area contributed by atoms with Crippen molar-refractivity contribution in [3.63, 3.8) is 0 Å². The average molecular weight is 488 g/mol. The molecule has 0 saturated carbocycles. The van der Waals surface area contributed by atoms with Gasteiger partial charge < -0.3 is 24.6 Å². The van der Waals surface area contributed by atoms with Crippen molar-refractivity contribution < 1.29 is 19.1 Å². The van der Waals surface area contributed by atoms with Crippen LogP contribution < -0.4 is 15.9 Å². The van der Waals surface area contributed by atoms with Gasteiger partial charge in [0.15, 0.2) is 0 Å². The Bertz CT molecular complexity index is 1140. The first-order valence-corrected chi connectivity index (χ1v) is 12.1. The highest BCUT2D eigenvalue weighted by molar-refractivity contribution is 5.85. The molecule has 2 amide bonds. The Hall–Kier alpha value is -3.30.